The molecule has 2 aromatic heterocycles. The molecule has 0 atom stereocenters. The smallest absolute Gasteiger partial charge is 0.192 e. The highest BCUT2D eigenvalue weighted by atomic mass is 35.5. The van der Waals surface area contributed by atoms with Crippen LogP contribution < -0.4 is 5.73 Å². The van der Waals surface area contributed by atoms with Crippen LogP contribution in [0.2, 0.25) is 8.67 Å². The van der Waals surface area contributed by atoms with Crippen LogP contribution in [-0.4, -0.2) is 10.2 Å². The Kier molecular flexibility index (Phi) is 2.38. The number of halogens is 3. The summed E-state index contributed by atoms with van der Waals surface area (Å²) in [5.74, 6) is -0.792. The summed E-state index contributed by atoms with van der Waals surface area (Å²) in [6.07, 6.45) is 0. The zero-order chi connectivity index (χ0) is 10.3. The molecule has 0 bridgehead atoms. The van der Waals surface area contributed by atoms with E-state index >= 15 is 0 Å². The number of hydrogen-bond donors (Lipinski definition) is 2. The van der Waals surface area contributed by atoms with Crippen LogP contribution in [0.4, 0.5) is 10.2 Å². The van der Waals surface area contributed by atoms with Crippen molar-refractivity contribution in [2.24, 2.45) is 0 Å². The van der Waals surface area contributed by atoms with Gasteiger partial charge in [0.1, 0.15) is 10.0 Å². The lowest BCUT2D eigenvalue weighted by atomic mass is 10.2. The van der Waals surface area contributed by atoms with E-state index in [0.717, 1.165) is 11.3 Å². The van der Waals surface area contributed by atoms with E-state index in [9.17, 15) is 4.39 Å². The average molecular weight is 252 g/mol. The van der Waals surface area contributed by atoms with Crippen molar-refractivity contribution in [2.45, 2.75) is 0 Å². The van der Waals surface area contributed by atoms with Gasteiger partial charge >= 0.3 is 0 Å². The highest BCUT2D eigenvalue weighted by Gasteiger charge is 2.16. The van der Waals surface area contributed by atoms with Crippen LogP contribution in [0, 0.1) is 5.82 Å². The summed E-state index contributed by atoms with van der Waals surface area (Å²) < 4.78 is 14.2. The number of nitrogen functional groups attached to an aromatic ring is 1. The number of aromatic amines is 1. The number of H-pyrrole nitrogens is 1. The molecule has 0 spiro atoms. The summed E-state index contributed by atoms with van der Waals surface area (Å²) in [5, 5.41) is 5.98. The Morgan fingerprint density at radius 3 is 2.64 bits per heavy atom. The monoisotopic (exact) mass is 251 g/mol. The number of nitrogens with two attached hydrogens (primary N) is 1. The van der Waals surface area contributed by atoms with E-state index < -0.39 is 5.82 Å². The van der Waals surface area contributed by atoms with Gasteiger partial charge in [-0.15, -0.1) is 11.3 Å². The fourth-order valence-corrected chi connectivity index (χ4v) is 2.51. The van der Waals surface area contributed by atoms with Gasteiger partial charge in [-0.3, -0.25) is 5.10 Å². The minimum atomic E-state index is -0.610. The molecule has 0 amide bonds. The van der Waals surface area contributed by atoms with Gasteiger partial charge in [0.05, 0.1) is 4.34 Å². The van der Waals surface area contributed by atoms with Crippen molar-refractivity contribution in [3.8, 4) is 11.3 Å². The minimum Gasteiger partial charge on any atom is -0.380 e. The van der Waals surface area contributed by atoms with Crippen molar-refractivity contribution in [3.63, 3.8) is 0 Å². The normalized spacial score (nSPS) is 10.8. The largest absolute Gasteiger partial charge is 0.380 e. The molecule has 3 N–H and O–H groups in total. The molecule has 74 valence electrons. The van der Waals surface area contributed by atoms with Gasteiger partial charge in [0.2, 0.25) is 0 Å². The summed E-state index contributed by atoms with van der Waals surface area (Å²) in [6.45, 7) is 0. The van der Waals surface area contributed by atoms with Crippen molar-refractivity contribution in [2.75, 3.05) is 5.73 Å². The SMILES string of the molecule is Nc1n[nH]c(-c2cc(Cl)sc2Cl)c1F. The Morgan fingerprint density at radius 2 is 2.21 bits per heavy atom. The molecule has 14 heavy (non-hydrogen) atoms. The third kappa shape index (κ3) is 1.47. The Bertz CT molecular complexity index is 479. The van der Waals surface area contributed by atoms with Crippen LogP contribution in [0.3, 0.4) is 0 Å². The van der Waals surface area contributed by atoms with E-state index in [1.165, 1.54) is 0 Å². The van der Waals surface area contributed by atoms with E-state index in [2.05, 4.69) is 10.2 Å². The number of anilines is 1. The lowest BCUT2D eigenvalue weighted by molar-refractivity contribution is 0.636. The van der Waals surface area contributed by atoms with E-state index in [1.54, 1.807) is 6.07 Å². The van der Waals surface area contributed by atoms with Gasteiger partial charge in [0.15, 0.2) is 11.6 Å². The molecule has 0 saturated carbocycles. The molecule has 0 aromatic carbocycles. The van der Waals surface area contributed by atoms with Crippen molar-refractivity contribution in [1.82, 2.24) is 10.2 Å². The first-order valence-corrected chi connectivity index (χ1v) is 5.11. The predicted octanol–water partition coefficient (Wildman–Crippen LogP) is 3.17. The van der Waals surface area contributed by atoms with Gasteiger partial charge in [0.25, 0.3) is 0 Å². The molecule has 0 saturated heterocycles. The number of aromatic nitrogens is 2. The van der Waals surface area contributed by atoms with Gasteiger partial charge in [-0.05, 0) is 6.07 Å². The first-order chi connectivity index (χ1) is 6.59. The zero-order valence-corrected chi connectivity index (χ0v) is 8.97. The van der Waals surface area contributed by atoms with Crippen LogP contribution in [0.1, 0.15) is 0 Å². The number of hydrogen-bond acceptors (Lipinski definition) is 3. The van der Waals surface area contributed by atoms with Gasteiger partial charge in [0, 0.05) is 5.56 Å². The maximum Gasteiger partial charge on any atom is 0.192 e. The Labute approximate surface area is 92.6 Å². The molecule has 2 rings (SSSR count). The highest BCUT2D eigenvalue weighted by molar-refractivity contribution is 7.20. The fraction of sp³-hybridized carbons (Fsp3) is 0. The number of nitrogens with one attached hydrogen (secondary N) is 1. The second kappa shape index (κ2) is 3.42. The average Bonchev–Trinajstić information content (AvgIpc) is 2.59. The number of nitrogens with zero attached hydrogens (tertiary/aromatic N) is 1. The van der Waals surface area contributed by atoms with Crippen molar-refractivity contribution in [3.05, 3.63) is 20.6 Å². The minimum absolute atomic E-state index is 0.163. The molecular weight excluding hydrogens is 248 g/mol. The molecule has 0 radical (unpaired) electrons. The predicted molar refractivity (Wildman–Crippen MR) is 56.3 cm³/mol. The van der Waals surface area contributed by atoms with Crippen molar-refractivity contribution < 1.29 is 4.39 Å². The first-order valence-electron chi connectivity index (χ1n) is 3.54. The lowest BCUT2D eigenvalue weighted by Gasteiger charge is -1.92. The van der Waals surface area contributed by atoms with Crippen LogP contribution in [0.5, 0.6) is 0 Å². The summed E-state index contributed by atoms with van der Waals surface area (Å²) >= 11 is 12.7. The summed E-state index contributed by atoms with van der Waals surface area (Å²) in [5.41, 5.74) is 5.88. The third-order valence-corrected chi connectivity index (χ3v) is 3.15. The number of rotatable bonds is 1. The molecular formula is C7H4Cl2FN3S. The summed E-state index contributed by atoms with van der Waals surface area (Å²) in [6, 6.07) is 1.56. The lowest BCUT2D eigenvalue weighted by Crippen LogP contribution is -1.87. The highest BCUT2D eigenvalue weighted by Crippen LogP contribution is 2.38. The quantitative estimate of drug-likeness (QED) is 0.818. The second-order valence-electron chi connectivity index (χ2n) is 2.54. The number of thiophene rings is 1. The Balaban J connectivity index is 2.59. The van der Waals surface area contributed by atoms with Crippen LogP contribution in [0.25, 0.3) is 11.3 Å². The maximum atomic E-state index is 13.3. The van der Waals surface area contributed by atoms with Gasteiger partial charge in [-0.2, -0.15) is 5.10 Å². The van der Waals surface area contributed by atoms with Crippen LogP contribution >= 0.6 is 34.5 Å². The third-order valence-electron chi connectivity index (χ3n) is 1.66. The molecule has 0 aliphatic rings. The molecule has 2 aromatic rings. The maximum absolute atomic E-state index is 13.3. The van der Waals surface area contributed by atoms with E-state index in [4.69, 9.17) is 28.9 Å². The fourth-order valence-electron chi connectivity index (χ4n) is 1.03. The van der Waals surface area contributed by atoms with Gasteiger partial charge < -0.3 is 5.73 Å². The molecule has 0 fully saturated rings. The van der Waals surface area contributed by atoms with Crippen LogP contribution in [0.15, 0.2) is 6.07 Å². The first kappa shape index (κ1) is 9.76. The summed E-state index contributed by atoms with van der Waals surface area (Å²) in [7, 11) is 0. The molecule has 7 heteroatoms. The zero-order valence-electron chi connectivity index (χ0n) is 6.64. The Hall–Kier alpha value is -0.780. The van der Waals surface area contributed by atoms with Crippen molar-refractivity contribution >= 4 is 40.4 Å². The van der Waals surface area contributed by atoms with E-state index in [-0.39, 0.29) is 11.5 Å². The topological polar surface area (TPSA) is 54.7 Å². The molecule has 3 nitrogen and oxygen atoms in total. The summed E-state index contributed by atoms with van der Waals surface area (Å²) in [4.78, 5) is 0. The molecule has 0 aliphatic heterocycles. The molecule has 0 aliphatic carbocycles. The van der Waals surface area contributed by atoms with Crippen molar-refractivity contribution in [1.29, 1.82) is 0 Å². The van der Waals surface area contributed by atoms with E-state index in [0.29, 0.717) is 14.2 Å². The Morgan fingerprint density at radius 1 is 1.50 bits per heavy atom. The van der Waals surface area contributed by atoms with E-state index in [1.807, 2.05) is 0 Å². The van der Waals surface area contributed by atoms with Gasteiger partial charge in [-0.1, -0.05) is 23.2 Å². The van der Waals surface area contributed by atoms with Gasteiger partial charge in [-0.25, -0.2) is 4.39 Å². The molecule has 0 unspecified atom stereocenters. The van der Waals surface area contributed by atoms with Crippen LogP contribution in [-0.2, 0) is 0 Å². The standard InChI is InChI=1S/C7H4Cl2FN3S/c8-3-1-2(6(9)14-3)5-4(10)7(11)13-12-5/h1H,(H3,11,12,13). The molecule has 2 heterocycles. The second-order valence-corrected chi connectivity index (χ2v) is 4.82.